The molecule has 0 radical (unpaired) electrons. The Labute approximate surface area is 121 Å². The molecule has 20 heavy (non-hydrogen) atoms. The highest BCUT2D eigenvalue weighted by atomic mass is 16.5. The Bertz CT molecular complexity index is 448. The molecule has 1 N–H and O–H groups in total. The van der Waals surface area contributed by atoms with Crippen LogP contribution in [0.25, 0.3) is 0 Å². The molecule has 0 aliphatic heterocycles. The fraction of sp³-hybridized carbons (Fsp3) is 0.647. The summed E-state index contributed by atoms with van der Waals surface area (Å²) in [6.45, 7) is 4.32. The molecule has 1 unspecified atom stereocenters. The van der Waals surface area contributed by atoms with Crippen LogP contribution in [0, 0.1) is 18.8 Å². The molecule has 3 heteroatoms. The van der Waals surface area contributed by atoms with E-state index in [1.54, 1.807) is 14.2 Å². The van der Waals surface area contributed by atoms with Gasteiger partial charge in [-0.25, -0.2) is 0 Å². The molecule has 1 aromatic carbocycles. The number of rotatable bonds is 4. The molecule has 3 nitrogen and oxygen atoms in total. The number of ether oxygens (including phenoxy) is 2. The summed E-state index contributed by atoms with van der Waals surface area (Å²) in [5.41, 5.74) is 2.04. The molecule has 0 bridgehead atoms. The van der Waals surface area contributed by atoms with Gasteiger partial charge in [0.15, 0.2) is 11.5 Å². The second kappa shape index (κ2) is 6.49. The smallest absolute Gasteiger partial charge is 0.161 e. The number of hydrogen-bond acceptors (Lipinski definition) is 3. The van der Waals surface area contributed by atoms with Gasteiger partial charge < -0.3 is 14.6 Å². The van der Waals surface area contributed by atoms with Gasteiger partial charge in [0.1, 0.15) is 0 Å². The molecule has 0 aromatic heterocycles. The zero-order chi connectivity index (χ0) is 14.7. The number of aliphatic hydroxyl groups is 1. The fourth-order valence-corrected chi connectivity index (χ4v) is 3.17. The summed E-state index contributed by atoms with van der Waals surface area (Å²) in [6, 6.07) is 3.87. The summed E-state index contributed by atoms with van der Waals surface area (Å²) in [6.07, 6.45) is 4.25. The number of hydrogen-bond donors (Lipinski definition) is 1. The van der Waals surface area contributed by atoms with Gasteiger partial charge in [0, 0.05) is 0 Å². The minimum absolute atomic E-state index is 0.364. The molecule has 2 rings (SSSR count). The van der Waals surface area contributed by atoms with Crippen molar-refractivity contribution in [3.8, 4) is 11.5 Å². The summed E-state index contributed by atoms with van der Waals surface area (Å²) < 4.78 is 10.7. The molecule has 0 saturated heterocycles. The van der Waals surface area contributed by atoms with Crippen LogP contribution in [0.1, 0.15) is 49.8 Å². The van der Waals surface area contributed by atoms with Crippen LogP contribution in [0.15, 0.2) is 12.1 Å². The molecule has 1 aliphatic rings. The molecule has 112 valence electrons. The second-order valence-electron chi connectivity index (χ2n) is 6.03. The van der Waals surface area contributed by atoms with Gasteiger partial charge in [-0.05, 0) is 54.9 Å². The van der Waals surface area contributed by atoms with E-state index in [0.717, 1.165) is 35.6 Å². The molecule has 0 amide bonds. The molecule has 0 spiro atoms. The van der Waals surface area contributed by atoms with Crippen molar-refractivity contribution in [1.82, 2.24) is 0 Å². The quantitative estimate of drug-likeness (QED) is 0.908. The number of methoxy groups -OCH3 is 2. The van der Waals surface area contributed by atoms with Gasteiger partial charge >= 0.3 is 0 Å². The zero-order valence-electron chi connectivity index (χ0n) is 13.0. The maximum Gasteiger partial charge on any atom is 0.161 e. The maximum absolute atomic E-state index is 10.7. The van der Waals surface area contributed by atoms with Crippen molar-refractivity contribution in [1.29, 1.82) is 0 Å². The van der Waals surface area contributed by atoms with E-state index in [-0.39, 0.29) is 0 Å². The van der Waals surface area contributed by atoms with Crippen molar-refractivity contribution in [2.75, 3.05) is 14.2 Å². The van der Waals surface area contributed by atoms with Crippen LogP contribution in [-0.2, 0) is 0 Å². The Morgan fingerprint density at radius 2 is 1.60 bits per heavy atom. The van der Waals surface area contributed by atoms with Crippen molar-refractivity contribution in [2.24, 2.45) is 11.8 Å². The van der Waals surface area contributed by atoms with E-state index in [1.165, 1.54) is 12.8 Å². The first-order chi connectivity index (χ1) is 9.56. The van der Waals surface area contributed by atoms with Crippen LogP contribution >= 0.6 is 0 Å². The minimum atomic E-state index is -0.401. The van der Waals surface area contributed by atoms with Crippen LogP contribution in [0.2, 0.25) is 0 Å². The van der Waals surface area contributed by atoms with Crippen LogP contribution in [0.5, 0.6) is 11.5 Å². The van der Waals surface area contributed by atoms with Gasteiger partial charge in [-0.2, -0.15) is 0 Å². The maximum atomic E-state index is 10.7. The number of benzene rings is 1. The third kappa shape index (κ3) is 3.09. The molecular formula is C17H26O3. The number of aliphatic hydroxyl groups excluding tert-OH is 1. The normalized spacial score (nSPS) is 24.2. The highest BCUT2D eigenvalue weighted by Gasteiger charge is 2.27. The molecule has 1 fully saturated rings. The topological polar surface area (TPSA) is 38.7 Å². The van der Waals surface area contributed by atoms with Crippen LogP contribution < -0.4 is 9.47 Å². The van der Waals surface area contributed by atoms with Crippen molar-refractivity contribution >= 4 is 0 Å². The minimum Gasteiger partial charge on any atom is -0.493 e. The van der Waals surface area contributed by atoms with E-state index in [1.807, 2.05) is 19.1 Å². The third-order valence-electron chi connectivity index (χ3n) is 4.60. The SMILES string of the molecule is COc1cc(C)c(C(O)C2CCC(C)CC2)cc1OC. The van der Waals surface area contributed by atoms with Gasteiger partial charge in [-0.15, -0.1) is 0 Å². The first-order valence-corrected chi connectivity index (χ1v) is 7.47. The Kier molecular flexibility index (Phi) is 4.92. The fourth-order valence-electron chi connectivity index (χ4n) is 3.17. The monoisotopic (exact) mass is 278 g/mol. The lowest BCUT2D eigenvalue weighted by Crippen LogP contribution is -2.20. The molecule has 1 saturated carbocycles. The van der Waals surface area contributed by atoms with Crippen LogP contribution in [-0.4, -0.2) is 19.3 Å². The number of aryl methyl sites for hydroxylation is 1. The Morgan fingerprint density at radius 3 is 2.15 bits per heavy atom. The van der Waals surface area contributed by atoms with Crippen molar-refractivity contribution in [2.45, 2.75) is 45.6 Å². The van der Waals surface area contributed by atoms with Gasteiger partial charge in [0.05, 0.1) is 20.3 Å². The van der Waals surface area contributed by atoms with Crippen LogP contribution in [0.3, 0.4) is 0 Å². The lowest BCUT2D eigenvalue weighted by atomic mass is 9.78. The van der Waals surface area contributed by atoms with E-state index in [4.69, 9.17) is 9.47 Å². The van der Waals surface area contributed by atoms with Crippen molar-refractivity contribution < 1.29 is 14.6 Å². The summed E-state index contributed by atoms with van der Waals surface area (Å²) >= 11 is 0. The van der Waals surface area contributed by atoms with Gasteiger partial charge in [-0.1, -0.05) is 19.8 Å². The van der Waals surface area contributed by atoms with Gasteiger partial charge in [-0.3, -0.25) is 0 Å². The Morgan fingerprint density at radius 1 is 1.05 bits per heavy atom. The highest BCUT2D eigenvalue weighted by Crippen LogP contribution is 2.40. The van der Waals surface area contributed by atoms with E-state index < -0.39 is 6.10 Å². The Hall–Kier alpha value is -1.22. The van der Waals surface area contributed by atoms with Gasteiger partial charge in [0.2, 0.25) is 0 Å². The molecule has 0 heterocycles. The highest BCUT2D eigenvalue weighted by molar-refractivity contribution is 5.47. The summed E-state index contributed by atoms with van der Waals surface area (Å²) in [5.74, 6) is 2.57. The second-order valence-corrected chi connectivity index (χ2v) is 6.03. The first kappa shape index (κ1) is 15.2. The lowest BCUT2D eigenvalue weighted by molar-refractivity contribution is 0.0748. The predicted octanol–water partition coefficient (Wildman–Crippen LogP) is 3.87. The van der Waals surface area contributed by atoms with Crippen molar-refractivity contribution in [3.05, 3.63) is 23.3 Å². The molecular weight excluding hydrogens is 252 g/mol. The van der Waals surface area contributed by atoms with E-state index in [9.17, 15) is 5.11 Å². The Balaban J connectivity index is 2.23. The van der Waals surface area contributed by atoms with Gasteiger partial charge in [0.25, 0.3) is 0 Å². The molecule has 1 atom stereocenters. The average molecular weight is 278 g/mol. The van der Waals surface area contributed by atoms with E-state index in [2.05, 4.69) is 6.92 Å². The standard InChI is InChI=1S/C17H26O3/c1-11-5-7-13(8-6-11)17(18)14-10-16(20-4)15(19-3)9-12(14)2/h9-11,13,17-18H,5-8H2,1-4H3. The van der Waals surface area contributed by atoms with Crippen LogP contribution in [0.4, 0.5) is 0 Å². The van der Waals surface area contributed by atoms with Crippen molar-refractivity contribution in [3.63, 3.8) is 0 Å². The molecule has 1 aliphatic carbocycles. The lowest BCUT2D eigenvalue weighted by Gasteiger charge is -2.31. The summed E-state index contributed by atoms with van der Waals surface area (Å²) in [7, 11) is 3.27. The van der Waals surface area contributed by atoms with E-state index in [0.29, 0.717) is 11.7 Å². The van der Waals surface area contributed by atoms with E-state index >= 15 is 0 Å². The largest absolute Gasteiger partial charge is 0.493 e. The molecule has 1 aromatic rings. The zero-order valence-corrected chi connectivity index (χ0v) is 13.0. The third-order valence-corrected chi connectivity index (χ3v) is 4.60. The summed E-state index contributed by atoms with van der Waals surface area (Å²) in [4.78, 5) is 0. The first-order valence-electron chi connectivity index (χ1n) is 7.47. The summed E-state index contributed by atoms with van der Waals surface area (Å²) in [5, 5.41) is 10.7. The average Bonchev–Trinajstić information content (AvgIpc) is 2.47. The predicted molar refractivity (Wildman–Crippen MR) is 80.4 cm³/mol.